The maximum atomic E-state index is 13.1. The molecule has 1 aromatic heterocycles. The number of allylic oxidation sites excluding steroid dienone is 1. The summed E-state index contributed by atoms with van der Waals surface area (Å²) in [4.78, 5) is 39.4. The van der Waals surface area contributed by atoms with Crippen LogP contribution in [0.3, 0.4) is 0 Å². The fraction of sp³-hybridized carbons (Fsp3) is 0.0645. The van der Waals surface area contributed by atoms with Gasteiger partial charge < -0.3 is 20.1 Å². The Hall–Kier alpha value is -4.95. The van der Waals surface area contributed by atoms with Crippen LogP contribution in [0.25, 0.3) is 12.2 Å². The van der Waals surface area contributed by atoms with Gasteiger partial charge in [0.25, 0.3) is 11.8 Å². The van der Waals surface area contributed by atoms with Gasteiger partial charge in [-0.25, -0.2) is 0 Å². The summed E-state index contributed by atoms with van der Waals surface area (Å²) >= 11 is 1.44. The lowest BCUT2D eigenvalue weighted by molar-refractivity contribution is -0.113. The van der Waals surface area contributed by atoms with E-state index in [-0.39, 0.29) is 11.5 Å². The van der Waals surface area contributed by atoms with Crippen molar-refractivity contribution in [2.75, 3.05) is 19.5 Å². The minimum absolute atomic E-state index is 0.0987. The van der Waals surface area contributed by atoms with Gasteiger partial charge in [-0.1, -0.05) is 24.3 Å². The number of hydrogen-bond donors (Lipinski definition) is 2. The molecule has 2 amide bonds. The predicted octanol–water partition coefficient (Wildman–Crippen LogP) is 6.07. The molecule has 0 radical (unpaired) electrons. The molecule has 4 rings (SSSR count). The molecule has 0 aliphatic rings. The smallest absolute Gasteiger partial charge is 0.272 e. The molecule has 0 atom stereocenters. The summed E-state index contributed by atoms with van der Waals surface area (Å²) in [5, 5.41) is 7.38. The molecule has 39 heavy (non-hydrogen) atoms. The largest absolute Gasteiger partial charge is 0.497 e. The molecule has 0 aliphatic heterocycles. The maximum Gasteiger partial charge on any atom is 0.272 e. The van der Waals surface area contributed by atoms with Crippen molar-refractivity contribution in [3.63, 3.8) is 0 Å². The van der Waals surface area contributed by atoms with E-state index in [1.807, 2.05) is 23.6 Å². The highest BCUT2D eigenvalue weighted by Crippen LogP contribution is 2.25. The van der Waals surface area contributed by atoms with Crippen LogP contribution in [-0.4, -0.2) is 31.8 Å². The van der Waals surface area contributed by atoms with Crippen molar-refractivity contribution in [1.82, 2.24) is 5.32 Å². The molecule has 3 aromatic carbocycles. The van der Waals surface area contributed by atoms with Crippen LogP contribution in [-0.2, 0) is 4.79 Å². The molecular formula is C31H26N2O5S. The zero-order valence-electron chi connectivity index (χ0n) is 21.3. The number of ketones is 1. The molecule has 7 nitrogen and oxygen atoms in total. The number of ether oxygens (including phenoxy) is 2. The van der Waals surface area contributed by atoms with Gasteiger partial charge in [-0.15, -0.1) is 11.3 Å². The van der Waals surface area contributed by atoms with Crippen LogP contribution >= 0.6 is 11.3 Å². The number of thiophene rings is 1. The molecule has 0 saturated carbocycles. The second kappa shape index (κ2) is 13.0. The van der Waals surface area contributed by atoms with Gasteiger partial charge in [-0.3, -0.25) is 14.4 Å². The van der Waals surface area contributed by atoms with Crippen LogP contribution in [0.15, 0.2) is 102 Å². The third kappa shape index (κ3) is 7.30. The Balaban J connectivity index is 1.46. The Labute approximate surface area is 230 Å². The summed E-state index contributed by atoms with van der Waals surface area (Å²) in [6.07, 6.45) is 4.73. The zero-order chi connectivity index (χ0) is 27.6. The van der Waals surface area contributed by atoms with E-state index in [4.69, 9.17) is 9.47 Å². The van der Waals surface area contributed by atoms with Crippen molar-refractivity contribution in [2.24, 2.45) is 0 Å². The van der Waals surface area contributed by atoms with Gasteiger partial charge in [0.2, 0.25) is 0 Å². The topological polar surface area (TPSA) is 93.7 Å². The highest BCUT2D eigenvalue weighted by atomic mass is 32.1. The summed E-state index contributed by atoms with van der Waals surface area (Å²) in [7, 11) is 3.13. The number of carbonyl (C=O) groups excluding carboxylic acids is 3. The Morgan fingerprint density at radius 1 is 0.821 bits per heavy atom. The van der Waals surface area contributed by atoms with Crippen molar-refractivity contribution in [1.29, 1.82) is 0 Å². The Morgan fingerprint density at radius 3 is 2.26 bits per heavy atom. The Kier molecular flexibility index (Phi) is 9.05. The zero-order valence-corrected chi connectivity index (χ0v) is 22.2. The van der Waals surface area contributed by atoms with E-state index in [2.05, 4.69) is 10.6 Å². The number of nitrogens with one attached hydrogen (secondary N) is 2. The van der Waals surface area contributed by atoms with Crippen LogP contribution in [0.4, 0.5) is 5.69 Å². The van der Waals surface area contributed by atoms with Gasteiger partial charge in [-0.05, 0) is 84.3 Å². The predicted molar refractivity (Wildman–Crippen MR) is 154 cm³/mol. The average Bonchev–Trinajstić information content (AvgIpc) is 3.49. The van der Waals surface area contributed by atoms with Gasteiger partial charge in [0.15, 0.2) is 5.78 Å². The molecule has 0 bridgehead atoms. The van der Waals surface area contributed by atoms with Crippen LogP contribution in [0, 0.1) is 0 Å². The van der Waals surface area contributed by atoms with Crippen LogP contribution in [0.2, 0.25) is 0 Å². The number of carbonyl (C=O) groups is 3. The second-order valence-corrected chi connectivity index (χ2v) is 9.21. The fourth-order valence-electron chi connectivity index (χ4n) is 3.61. The molecule has 196 valence electrons. The van der Waals surface area contributed by atoms with Crippen LogP contribution < -0.4 is 20.1 Å². The SMILES string of the molecule is COc1ccc(OC)c(/C=C/C(=O)c2ccc(NC(=O)/C(=C/c3cccs3)NC(=O)c3ccccc3)cc2)c1. The third-order valence-electron chi connectivity index (χ3n) is 5.64. The van der Waals surface area contributed by atoms with Crippen LogP contribution in [0.5, 0.6) is 11.5 Å². The van der Waals surface area contributed by atoms with Crippen molar-refractivity contribution in [2.45, 2.75) is 0 Å². The second-order valence-electron chi connectivity index (χ2n) is 8.23. The summed E-state index contributed by atoms with van der Waals surface area (Å²) in [5.74, 6) is 0.163. The quantitative estimate of drug-likeness (QED) is 0.189. The number of methoxy groups -OCH3 is 2. The first-order valence-electron chi connectivity index (χ1n) is 11.9. The first-order valence-corrected chi connectivity index (χ1v) is 12.8. The van der Waals surface area contributed by atoms with E-state index in [9.17, 15) is 14.4 Å². The van der Waals surface area contributed by atoms with Gasteiger partial charge in [0, 0.05) is 27.3 Å². The molecule has 0 aliphatic carbocycles. The van der Waals surface area contributed by atoms with E-state index in [1.54, 1.807) is 93.1 Å². The third-order valence-corrected chi connectivity index (χ3v) is 6.46. The first kappa shape index (κ1) is 27.1. The van der Waals surface area contributed by atoms with E-state index >= 15 is 0 Å². The molecule has 0 unspecified atom stereocenters. The van der Waals surface area contributed by atoms with E-state index in [1.165, 1.54) is 17.4 Å². The van der Waals surface area contributed by atoms with Crippen molar-refractivity contribution in [3.05, 3.63) is 124 Å². The van der Waals surface area contributed by atoms with Gasteiger partial charge in [0.05, 0.1) is 14.2 Å². The highest BCUT2D eigenvalue weighted by molar-refractivity contribution is 7.10. The minimum Gasteiger partial charge on any atom is -0.497 e. The normalized spacial score (nSPS) is 11.2. The minimum atomic E-state index is -0.489. The maximum absolute atomic E-state index is 13.1. The summed E-state index contributed by atoms with van der Waals surface area (Å²) in [6.45, 7) is 0. The highest BCUT2D eigenvalue weighted by Gasteiger charge is 2.15. The number of rotatable bonds is 10. The number of hydrogen-bond acceptors (Lipinski definition) is 6. The van der Waals surface area contributed by atoms with E-state index in [0.717, 1.165) is 4.88 Å². The van der Waals surface area contributed by atoms with Crippen molar-refractivity contribution in [3.8, 4) is 11.5 Å². The van der Waals surface area contributed by atoms with Gasteiger partial charge in [-0.2, -0.15) is 0 Å². The van der Waals surface area contributed by atoms with Gasteiger partial charge in [0.1, 0.15) is 17.2 Å². The molecular weight excluding hydrogens is 512 g/mol. The lowest BCUT2D eigenvalue weighted by atomic mass is 10.1. The molecule has 8 heteroatoms. The fourth-order valence-corrected chi connectivity index (χ4v) is 4.26. The first-order chi connectivity index (χ1) is 19.0. The monoisotopic (exact) mass is 538 g/mol. The molecule has 1 heterocycles. The molecule has 4 aromatic rings. The van der Waals surface area contributed by atoms with Gasteiger partial charge >= 0.3 is 0 Å². The Morgan fingerprint density at radius 2 is 1.59 bits per heavy atom. The molecule has 2 N–H and O–H groups in total. The van der Waals surface area contributed by atoms with Crippen molar-refractivity contribution >= 4 is 46.8 Å². The summed E-state index contributed by atoms with van der Waals surface area (Å²) in [6, 6.07) is 24.2. The standard InChI is InChI=1S/C31H26N2O5S/c1-37-25-15-17-29(38-2)23(19-25)12-16-28(34)21-10-13-24(14-11-21)32-31(36)27(20-26-9-6-18-39-26)33-30(35)22-7-4-3-5-8-22/h3-20H,1-2H3,(H,32,36)(H,33,35)/b16-12+,27-20-. The Bertz CT molecular complexity index is 1510. The summed E-state index contributed by atoms with van der Waals surface area (Å²) in [5.41, 5.74) is 2.15. The molecule has 0 saturated heterocycles. The lowest BCUT2D eigenvalue weighted by Crippen LogP contribution is -2.30. The molecule has 0 spiro atoms. The van der Waals surface area contributed by atoms with E-state index in [0.29, 0.717) is 33.9 Å². The van der Waals surface area contributed by atoms with Crippen molar-refractivity contribution < 1.29 is 23.9 Å². The number of benzene rings is 3. The average molecular weight is 539 g/mol. The summed E-state index contributed by atoms with van der Waals surface area (Å²) < 4.78 is 10.6. The van der Waals surface area contributed by atoms with E-state index < -0.39 is 11.8 Å². The van der Waals surface area contributed by atoms with Crippen LogP contribution in [0.1, 0.15) is 31.2 Å². The lowest BCUT2D eigenvalue weighted by Gasteiger charge is -2.11. The molecule has 0 fully saturated rings. The number of anilines is 1. The number of amides is 2.